The highest BCUT2D eigenvalue weighted by Gasteiger charge is 2.44. The largest absolute Gasteiger partial charge is 0.405 e. The number of nitrogens with one attached hydrogen (secondary N) is 3. The summed E-state index contributed by atoms with van der Waals surface area (Å²) in [4.78, 5) is 24.3. The van der Waals surface area contributed by atoms with Crippen LogP contribution in [0.4, 0.5) is 13.2 Å². The Balaban J connectivity index is 0.00000264. The van der Waals surface area contributed by atoms with Gasteiger partial charge in [-0.3, -0.25) is 14.5 Å². The molecule has 6 nitrogen and oxygen atoms in total. The average molecular weight is 359 g/mol. The maximum absolute atomic E-state index is 13.2. The molecule has 2 aliphatic rings. The first kappa shape index (κ1) is 20.0. The Hall–Kier alpha value is -1.06. The molecule has 2 rings (SSSR count). The summed E-state index contributed by atoms with van der Waals surface area (Å²) >= 11 is 0. The lowest BCUT2D eigenvalue weighted by Crippen LogP contribution is -2.58. The Morgan fingerprint density at radius 1 is 1.35 bits per heavy atom. The van der Waals surface area contributed by atoms with E-state index < -0.39 is 30.6 Å². The third kappa shape index (κ3) is 5.82. The number of halogens is 4. The second kappa shape index (κ2) is 8.70. The van der Waals surface area contributed by atoms with Crippen molar-refractivity contribution in [1.29, 1.82) is 0 Å². The van der Waals surface area contributed by atoms with Crippen molar-refractivity contribution in [2.75, 3.05) is 39.3 Å². The van der Waals surface area contributed by atoms with Crippen LogP contribution in [0, 0.1) is 5.92 Å². The van der Waals surface area contributed by atoms with E-state index in [9.17, 15) is 22.8 Å². The number of rotatable bonds is 4. The highest BCUT2D eigenvalue weighted by Crippen LogP contribution is 2.25. The van der Waals surface area contributed by atoms with Gasteiger partial charge in [0.1, 0.15) is 6.04 Å². The number of carbonyl (C=O) groups excluding carboxylic acids is 2. The molecular weight excluding hydrogens is 337 g/mol. The predicted molar refractivity (Wildman–Crippen MR) is 80.3 cm³/mol. The van der Waals surface area contributed by atoms with E-state index in [0.717, 1.165) is 0 Å². The summed E-state index contributed by atoms with van der Waals surface area (Å²) < 4.78 is 39.5. The van der Waals surface area contributed by atoms with Crippen molar-refractivity contribution in [3.63, 3.8) is 0 Å². The Morgan fingerprint density at radius 2 is 2.00 bits per heavy atom. The minimum atomic E-state index is -4.38. The smallest absolute Gasteiger partial charge is 0.355 e. The summed E-state index contributed by atoms with van der Waals surface area (Å²) in [5.41, 5.74) is 0. The van der Waals surface area contributed by atoms with E-state index in [4.69, 9.17) is 0 Å². The molecule has 2 fully saturated rings. The number of hydrogen-bond acceptors (Lipinski definition) is 4. The number of piperidine rings is 1. The highest BCUT2D eigenvalue weighted by atomic mass is 35.5. The molecule has 23 heavy (non-hydrogen) atoms. The van der Waals surface area contributed by atoms with Crippen LogP contribution < -0.4 is 16.0 Å². The molecule has 0 radical (unpaired) electrons. The Bertz CT molecular complexity index is 407. The molecule has 134 valence electrons. The number of carbonyl (C=O) groups is 2. The second-order valence-electron chi connectivity index (χ2n) is 5.63. The first-order chi connectivity index (χ1) is 10.4. The first-order valence-corrected chi connectivity index (χ1v) is 7.44. The zero-order chi connectivity index (χ0) is 16.2. The fourth-order valence-corrected chi connectivity index (χ4v) is 2.74. The third-order valence-corrected chi connectivity index (χ3v) is 4.08. The molecule has 3 N–H and O–H groups in total. The topological polar surface area (TPSA) is 73.5 Å². The van der Waals surface area contributed by atoms with E-state index in [1.54, 1.807) is 0 Å². The Labute approximate surface area is 138 Å². The van der Waals surface area contributed by atoms with Crippen LogP contribution in [-0.4, -0.2) is 68.2 Å². The summed E-state index contributed by atoms with van der Waals surface area (Å²) in [6, 6.07) is -1.67. The van der Waals surface area contributed by atoms with Crippen molar-refractivity contribution in [2.24, 2.45) is 5.92 Å². The molecule has 0 spiro atoms. The Kier molecular flexibility index (Phi) is 7.56. The van der Waals surface area contributed by atoms with E-state index in [1.165, 1.54) is 4.90 Å². The first-order valence-electron chi connectivity index (χ1n) is 7.44. The van der Waals surface area contributed by atoms with Crippen LogP contribution in [0.2, 0.25) is 0 Å². The molecule has 0 bridgehead atoms. The fourth-order valence-electron chi connectivity index (χ4n) is 2.74. The molecule has 2 saturated heterocycles. The summed E-state index contributed by atoms with van der Waals surface area (Å²) in [6.45, 7) is 1.37. The summed E-state index contributed by atoms with van der Waals surface area (Å²) in [5.74, 6) is -1.00. The van der Waals surface area contributed by atoms with E-state index in [-0.39, 0.29) is 31.3 Å². The number of nitrogens with zero attached hydrogens (tertiary/aromatic N) is 1. The molecule has 0 aromatic heterocycles. The van der Waals surface area contributed by atoms with Crippen LogP contribution in [0.5, 0.6) is 0 Å². The minimum absolute atomic E-state index is 0. The zero-order valence-electron chi connectivity index (χ0n) is 12.6. The van der Waals surface area contributed by atoms with Crippen LogP contribution >= 0.6 is 12.4 Å². The summed E-state index contributed by atoms with van der Waals surface area (Å²) in [7, 11) is 0. The molecule has 2 atom stereocenters. The normalized spacial score (nSPS) is 24.3. The van der Waals surface area contributed by atoms with Gasteiger partial charge in [-0.05, 0) is 6.42 Å². The lowest BCUT2D eigenvalue weighted by molar-refractivity contribution is -0.184. The van der Waals surface area contributed by atoms with E-state index >= 15 is 0 Å². The van der Waals surface area contributed by atoms with Crippen LogP contribution in [0.1, 0.15) is 12.8 Å². The maximum Gasteiger partial charge on any atom is 0.405 e. The second-order valence-corrected chi connectivity index (χ2v) is 5.63. The van der Waals surface area contributed by atoms with Crippen molar-refractivity contribution in [2.45, 2.75) is 25.1 Å². The third-order valence-electron chi connectivity index (χ3n) is 4.08. The molecule has 0 aromatic carbocycles. The quantitative estimate of drug-likeness (QED) is 0.655. The van der Waals surface area contributed by atoms with Gasteiger partial charge in [-0.25, -0.2) is 0 Å². The highest BCUT2D eigenvalue weighted by molar-refractivity contribution is 5.85. The van der Waals surface area contributed by atoms with Crippen LogP contribution in [0.3, 0.4) is 0 Å². The van der Waals surface area contributed by atoms with Gasteiger partial charge in [0, 0.05) is 45.7 Å². The molecule has 10 heteroatoms. The maximum atomic E-state index is 13.2. The van der Waals surface area contributed by atoms with Gasteiger partial charge >= 0.3 is 6.18 Å². The average Bonchev–Trinajstić information content (AvgIpc) is 2.47. The standard InChI is InChI=1S/C13H21F3N4O2.ClH/c14-13(15,16)10(20-5-3-17-4-6-20)8-19-12(22)9-1-2-11(21)18-7-9;/h9-10,17H,1-8H2,(H,18,21)(H,19,22);1H. The van der Waals surface area contributed by atoms with Crippen molar-refractivity contribution in [1.82, 2.24) is 20.9 Å². The number of piperazine rings is 1. The van der Waals surface area contributed by atoms with E-state index in [2.05, 4.69) is 16.0 Å². The van der Waals surface area contributed by atoms with Crippen LogP contribution in [0.15, 0.2) is 0 Å². The van der Waals surface area contributed by atoms with Crippen LogP contribution in [-0.2, 0) is 9.59 Å². The summed E-state index contributed by atoms with van der Waals surface area (Å²) in [5, 5.41) is 7.96. The van der Waals surface area contributed by atoms with Crippen molar-refractivity contribution >= 4 is 24.2 Å². The van der Waals surface area contributed by atoms with Crippen molar-refractivity contribution in [3.05, 3.63) is 0 Å². The lowest BCUT2D eigenvalue weighted by atomic mass is 9.98. The van der Waals surface area contributed by atoms with Gasteiger partial charge in [-0.2, -0.15) is 13.2 Å². The van der Waals surface area contributed by atoms with Gasteiger partial charge in [-0.1, -0.05) is 0 Å². The minimum Gasteiger partial charge on any atom is -0.355 e. The molecule has 0 saturated carbocycles. The number of amides is 2. The molecule has 0 aliphatic carbocycles. The molecule has 2 heterocycles. The summed E-state index contributed by atoms with van der Waals surface area (Å²) in [6.07, 6.45) is -3.77. The number of alkyl halides is 3. The van der Waals surface area contributed by atoms with Crippen molar-refractivity contribution < 1.29 is 22.8 Å². The zero-order valence-corrected chi connectivity index (χ0v) is 13.4. The van der Waals surface area contributed by atoms with E-state index in [0.29, 0.717) is 32.6 Å². The molecule has 0 aromatic rings. The van der Waals surface area contributed by atoms with Gasteiger partial charge in [0.2, 0.25) is 11.8 Å². The molecule has 2 aliphatic heterocycles. The predicted octanol–water partition coefficient (Wildman–Crippen LogP) is -0.113. The monoisotopic (exact) mass is 358 g/mol. The van der Waals surface area contributed by atoms with Gasteiger partial charge in [0.25, 0.3) is 0 Å². The van der Waals surface area contributed by atoms with Gasteiger partial charge in [0.15, 0.2) is 0 Å². The molecular formula is C13H22ClF3N4O2. The van der Waals surface area contributed by atoms with Gasteiger partial charge in [-0.15, -0.1) is 12.4 Å². The van der Waals surface area contributed by atoms with Crippen LogP contribution in [0.25, 0.3) is 0 Å². The van der Waals surface area contributed by atoms with Gasteiger partial charge in [0.05, 0.1) is 5.92 Å². The Morgan fingerprint density at radius 3 is 2.52 bits per heavy atom. The molecule has 2 unspecified atom stereocenters. The van der Waals surface area contributed by atoms with Crippen molar-refractivity contribution in [3.8, 4) is 0 Å². The SMILES string of the molecule is Cl.O=C1CCC(C(=O)NCC(N2CCNCC2)C(F)(F)F)CN1. The molecule has 2 amide bonds. The van der Waals surface area contributed by atoms with E-state index in [1.807, 2.05) is 0 Å². The number of hydrogen-bond donors (Lipinski definition) is 3. The van der Waals surface area contributed by atoms with Gasteiger partial charge < -0.3 is 16.0 Å². The lowest BCUT2D eigenvalue weighted by Gasteiger charge is -2.36. The fraction of sp³-hybridized carbons (Fsp3) is 0.846.